The normalized spacial score (nSPS) is 13.7. The largest absolute Gasteiger partial charge is 0.316 e. The van der Waals surface area contributed by atoms with Crippen molar-refractivity contribution in [1.29, 1.82) is 0 Å². The van der Waals surface area contributed by atoms with Gasteiger partial charge >= 0.3 is 0 Å². The number of hydrogen-bond donors (Lipinski definition) is 1. The van der Waals surface area contributed by atoms with Crippen molar-refractivity contribution < 1.29 is 8.42 Å². The zero-order chi connectivity index (χ0) is 15.2. The minimum atomic E-state index is -3.10. The number of hydrogen-bond acceptors (Lipinski definition) is 4. The fourth-order valence-electron chi connectivity index (χ4n) is 1.74. The second kappa shape index (κ2) is 8.05. The highest BCUT2D eigenvalue weighted by Crippen LogP contribution is 2.24. The number of sulfone groups is 1. The first-order valence-corrected chi connectivity index (χ1v) is 9.73. The van der Waals surface area contributed by atoms with E-state index in [9.17, 15) is 8.42 Å². The minimum absolute atomic E-state index is 0.379. The van der Waals surface area contributed by atoms with Crippen LogP contribution in [0, 0.1) is 5.92 Å². The molecule has 0 heterocycles. The Bertz CT molecular complexity index is 495. The summed E-state index contributed by atoms with van der Waals surface area (Å²) in [5.74, 6) is 0.731. The van der Waals surface area contributed by atoms with Gasteiger partial charge in [0.05, 0.1) is 4.90 Å². The molecule has 3 nitrogen and oxygen atoms in total. The van der Waals surface area contributed by atoms with Crippen molar-refractivity contribution in [3.05, 3.63) is 24.3 Å². The zero-order valence-corrected chi connectivity index (χ0v) is 14.4. The fraction of sp³-hybridized carbons (Fsp3) is 0.600. The molecule has 0 aromatic heterocycles. The van der Waals surface area contributed by atoms with Gasteiger partial charge in [-0.15, -0.1) is 11.8 Å². The molecule has 0 aliphatic carbocycles. The molecule has 1 N–H and O–H groups in total. The SMILES string of the molecule is CC(C)CCNCC(C)Sc1ccc(S(C)(=O)=O)cc1. The van der Waals surface area contributed by atoms with Crippen molar-refractivity contribution in [2.75, 3.05) is 19.3 Å². The van der Waals surface area contributed by atoms with Gasteiger partial charge in [0, 0.05) is 22.9 Å². The van der Waals surface area contributed by atoms with Gasteiger partial charge < -0.3 is 5.32 Å². The lowest BCUT2D eigenvalue weighted by Crippen LogP contribution is -2.24. The van der Waals surface area contributed by atoms with E-state index in [1.165, 1.54) is 12.7 Å². The van der Waals surface area contributed by atoms with E-state index in [1.54, 1.807) is 23.9 Å². The maximum absolute atomic E-state index is 11.4. The summed E-state index contributed by atoms with van der Waals surface area (Å²) in [5, 5.41) is 3.92. The first-order valence-electron chi connectivity index (χ1n) is 6.96. The minimum Gasteiger partial charge on any atom is -0.316 e. The van der Waals surface area contributed by atoms with Gasteiger partial charge in [-0.1, -0.05) is 20.8 Å². The lowest BCUT2D eigenvalue weighted by atomic mass is 10.1. The van der Waals surface area contributed by atoms with Crippen LogP contribution in [0.5, 0.6) is 0 Å². The van der Waals surface area contributed by atoms with E-state index >= 15 is 0 Å². The summed E-state index contributed by atoms with van der Waals surface area (Å²) in [6, 6.07) is 7.12. The number of thioether (sulfide) groups is 1. The van der Waals surface area contributed by atoms with Crippen LogP contribution in [0.1, 0.15) is 27.2 Å². The molecule has 0 saturated carbocycles. The smallest absolute Gasteiger partial charge is 0.175 e. The quantitative estimate of drug-likeness (QED) is 0.591. The Balaban J connectivity index is 2.40. The molecule has 114 valence electrons. The molecule has 0 radical (unpaired) electrons. The third-order valence-electron chi connectivity index (χ3n) is 2.92. The Morgan fingerprint density at radius 1 is 1.15 bits per heavy atom. The summed E-state index contributed by atoms with van der Waals surface area (Å²) >= 11 is 1.76. The van der Waals surface area contributed by atoms with Crippen LogP contribution < -0.4 is 5.32 Å². The van der Waals surface area contributed by atoms with E-state index in [2.05, 4.69) is 26.1 Å². The van der Waals surface area contributed by atoms with Gasteiger partial charge in [0.1, 0.15) is 0 Å². The molecular weight excluding hydrogens is 290 g/mol. The molecule has 0 aliphatic heterocycles. The Hall–Kier alpha value is -0.520. The van der Waals surface area contributed by atoms with Gasteiger partial charge in [0.15, 0.2) is 9.84 Å². The van der Waals surface area contributed by atoms with E-state index < -0.39 is 9.84 Å². The van der Waals surface area contributed by atoms with Crippen LogP contribution in [0.4, 0.5) is 0 Å². The molecule has 0 saturated heterocycles. The summed E-state index contributed by atoms with van der Waals surface area (Å²) in [7, 11) is -3.10. The Labute approximate surface area is 127 Å². The van der Waals surface area contributed by atoms with Crippen molar-refractivity contribution in [1.82, 2.24) is 5.32 Å². The van der Waals surface area contributed by atoms with Crippen LogP contribution in [0.2, 0.25) is 0 Å². The molecule has 1 aromatic rings. The van der Waals surface area contributed by atoms with E-state index in [4.69, 9.17) is 0 Å². The van der Waals surface area contributed by atoms with Crippen LogP contribution in [0.3, 0.4) is 0 Å². The highest BCUT2D eigenvalue weighted by atomic mass is 32.2. The van der Waals surface area contributed by atoms with E-state index in [1.807, 2.05) is 12.1 Å². The third kappa shape index (κ3) is 6.77. The van der Waals surface area contributed by atoms with Crippen LogP contribution >= 0.6 is 11.8 Å². The Morgan fingerprint density at radius 3 is 2.25 bits per heavy atom. The molecule has 1 rings (SSSR count). The molecule has 5 heteroatoms. The Kier molecular flexibility index (Phi) is 7.06. The first kappa shape index (κ1) is 17.5. The van der Waals surface area contributed by atoms with Crippen LogP contribution in [-0.2, 0) is 9.84 Å². The highest BCUT2D eigenvalue weighted by Gasteiger charge is 2.08. The fourth-order valence-corrected chi connectivity index (χ4v) is 3.32. The van der Waals surface area contributed by atoms with E-state index in [-0.39, 0.29) is 0 Å². The van der Waals surface area contributed by atoms with Crippen molar-refractivity contribution in [2.24, 2.45) is 5.92 Å². The maximum Gasteiger partial charge on any atom is 0.175 e. The van der Waals surface area contributed by atoms with Gasteiger partial charge in [0.25, 0.3) is 0 Å². The lowest BCUT2D eigenvalue weighted by Gasteiger charge is -2.13. The van der Waals surface area contributed by atoms with Crippen molar-refractivity contribution in [2.45, 2.75) is 42.2 Å². The number of benzene rings is 1. The maximum atomic E-state index is 11.4. The summed E-state index contributed by atoms with van der Waals surface area (Å²) in [4.78, 5) is 1.49. The first-order chi connectivity index (χ1) is 9.29. The average molecular weight is 316 g/mol. The second-order valence-electron chi connectivity index (χ2n) is 5.56. The summed E-state index contributed by atoms with van der Waals surface area (Å²) in [6.07, 6.45) is 2.43. The van der Waals surface area contributed by atoms with Crippen LogP contribution in [0.15, 0.2) is 34.1 Å². The van der Waals surface area contributed by atoms with Gasteiger partial charge in [-0.05, 0) is 43.1 Å². The van der Waals surface area contributed by atoms with Crippen LogP contribution in [0.25, 0.3) is 0 Å². The third-order valence-corrected chi connectivity index (χ3v) is 5.16. The zero-order valence-electron chi connectivity index (χ0n) is 12.7. The van der Waals surface area contributed by atoms with Gasteiger partial charge in [-0.3, -0.25) is 0 Å². The molecule has 0 aliphatic rings. The molecule has 1 unspecified atom stereocenters. The standard InChI is InChI=1S/C15H25NO2S2/c1-12(2)9-10-16-11-13(3)19-14-5-7-15(8-6-14)20(4,17)18/h5-8,12-13,16H,9-11H2,1-4H3. The molecule has 0 fully saturated rings. The van der Waals surface area contributed by atoms with E-state index in [0.29, 0.717) is 10.1 Å². The molecule has 1 atom stereocenters. The van der Waals surface area contributed by atoms with Crippen LogP contribution in [-0.4, -0.2) is 33.0 Å². The molecule has 20 heavy (non-hydrogen) atoms. The monoisotopic (exact) mass is 315 g/mol. The molecular formula is C15H25NO2S2. The molecule has 0 amide bonds. The van der Waals surface area contributed by atoms with Gasteiger partial charge in [-0.25, -0.2) is 8.42 Å². The Morgan fingerprint density at radius 2 is 1.75 bits per heavy atom. The predicted molar refractivity (Wildman–Crippen MR) is 87.2 cm³/mol. The lowest BCUT2D eigenvalue weighted by molar-refractivity contribution is 0.539. The molecule has 0 spiro atoms. The van der Waals surface area contributed by atoms with Gasteiger partial charge in [0.2, 0.25) is 0 Å². The number of rotatable bonds is 8. The molecule has 1 aromatic carbocycles. The number of nitrogens with one attached hydrogen (secondary N) is 1. The average Bonchev–Trinajstić information content (AvgIpc) is 2.34. The molecule has 0 bridgehead atoms. The van der Waals surface area contributed by atoms with Crippen molar-refractivity contribution in [3.63, 3.8) is 0 Å². The van der Waals surface area contributed by atoms with E-state index in [0.717, 1.165) is 23.9 Å². The van der Waals surface area contributed by atoms with Gasteiger partial charge in [-0.2, -0.15) is 0 Å². The second-order valence-corrected chi connectivity index (χ2v) is 9.09. The summed E-state index contributed by atoms with van der Waals surface area (Å²) < 4.78 is 22.8. The summed E-state index contributed by atoms with van der Waals surface area (Å²) in [6.45, 7) is 8.64. The van der Waals surface area contributed by atoms with Crippen molar-refractivity contribution in [3.8, 4) is 0 Å². The summed E-state index contributed by atoms with van der Waals surface area (Å²) in [5.41, 5.74) is 0. The highest BCUT2D eigenvalue weighted by molar-refractivity contribution is 8.00. The topological polar surface area (TPSA) is 46.2 Å². The van der Waals surface area contributed by atoms with Crippen molar-refractivity contribution >= 4 is 21.6 Å². The predicted octanol–water partition coefficient (Wildman–Crippen LogP) is 3.21.